The molecule has 4 heteroatoms. The number of ether oxygens (including phenoxy) is 3. The van der Waals surface area contributed by atoms with Gasteiger partial charge in [0.05, 0.1) is 21.3 Å². The number of aliphatic hydroxyl groups is 1. The second-order valence-electron chi connectivity index (χ2n) is 3.92. The van der Waals surface area contributed by atoms with Crippen molar-refractivity contribution in [2.24, 2.45) is 0 Å². The average Bonchev–Trinajstić information content (AvgIpc) is 2.46. The molecule has 0 radical (unpaired) electrons. The Hall–Kier alpha value is -1.90. The highest BCUT2D eigenvalue weighted by Gasteiger charge is 2.19. The van der Waals surface area contributed by atoms with Gasteiger partial charge >= 0.3 is 0 Å². The van der Waals surface area contributed by atoms with Gasteiger partial charge in [-0.15, -0.1) is 5.73 Å². The predicted octanol–water partition coefficient (Wildman–Crippen LogP) is 2.87. The van der Waals surface area contributed by atoms with E-state index in [1.54, 1.807) is 12.1 Å². The fraction of sp³-hybridized carbons (Fsp3) is 0.400. The highest BCUT2D eigenvalue weighted by Crippen LogP contribution is 2.40. The molecule has 1 atom stereocenters. The minimum absolute atomic E-state index is 0.501. The summed E-state index contributed by atoms with van der Waals surface area (Å²) in [5.74, 6) is 1.52. The number of methoxy groups -OCH3 is 3. The second-order valence-corrected chi connectivity index (χ2v) is 3.92. The fourth-order valence-corrected chi connectivity index (χ4v) is 1.88. The van der Waals surface area contributed by atoms with Gasteiger partial charge in [0.25, 0.3) is 0 Å². The van der Waals surface area contributed by atoms with Crippen LogP contribution in [0.4, 0.5) is 0 Å². The lowest BCUT2D eigenvalue weighted by Crippen LogP contribution is -2.03. The molecule has 104 valence electrons. The Labute approximate surface area is 113 Å². The van der Waals surface area contributed by atoms with Crippen LogP contribution < -0.4 is 14.2 Å². The molecule has 0 spiro atoms. The highest BCUT2D eigenvalue weighted by molar-refractivity contribution is 5.54. The molecule has 0 saturated heterocycles. The van der Waals surface area contributed by atoms with Gasteiger partial charge in [-0.3, -0.25) is 0 Å². The predicted molar refractivity (Wildman–Crippen MR) is 74.0 cm³/mol. The molecule has 0 heterocycles. The van der Waals surface area contributed by atoms with E-state index < -0.39 is 6.10 Å². The van der Waals surface area contributed by atoms with Crippen LogP contribution in [0, 0.1) is 0 Å². The third-order valence-electron chi connectivity index (χ3n) is 2.94. The molecule has 0 bridgehead atoms. The first-order valence-electron chi connectivity index (χ1n) is 5.99. The largest absolute Gasteiger partial charge is 0.493 e. The Morgan fingerprint density at radius 2 is 1.74 bits per heavy atom. The number of aliphatic hydroxyl groups excluding tert-OH is 1. The zero-order chi connectivity index (χ0) is 14.4. The smallest absolute Gasteiger partial charge is 0.203 e. The molecular weight excluding hydrogens is 244 g/mol. The molecule has 1 N–H and O–H groups in total. The lowest BCUT2D eigenvalue weighted by atomic mass is 9.99. The highest BCUT2D eigenvalue weighted by atomic mass is 16.5. The van der Waals surface area contributed by atoms with E-state index >= 15 is 0 Å². The van der Waals surface area contributed by atoms with Crippen molar-refractivity contribution in [2.75, 3.05) is 21.3 Å². The number of hydrogen-bond donors (Lipinski definition) is 1. The molecule has 1 unspecified atom stereocenters. The minimum atomic E-state index is -0.781. The zero-order valence-corrected chi connectivity index (χ0v) is 11.8. The van der Waals surface area contributed by atoms with Crippen LogP contribution in [-0.4, -0.2) is 26.4 Å². The standard InChI is InChI=1S/C15H20O4/c1-6-10(7-2)14(16)11-8-12(17-3)15(19-5)13(9-11)18-4/h8-9,14,16H,1,7H2,2-5H3. The molecule has 0 amide bonds. The van der Waals surface area contributed by atoms with Crippen LogP contribution >= 0.6 is 0 Å². The summed E-state index contributed by atoms with van der Waals surface area (Å²) >= 11 is 0. The number of rotatable bonds is 6. The molecular formula is C15H20O4. The molecule has 1 aromatic carbocycles. The van der Waals surface area contributed by atoms with Gasteiger partial charge in [-0.25, -0.2) is 0 Å². The fourth-order valence-electron chi connectivity index (χ4n) is 1.88. The molecule has 0 aliphatic carbocycles. The van der Waals surface area contributed by atoms with Gasteiger partial charge in [0.15, 0.2) is 11.5 Å². The van der Waals surface area contributed by atoms with Crippen molar-refractivity contribution >= 4 is 0 Å². The molecule has 0 aliphatic rings. The lowest BCUT2D eigenvalue weighted by molar-refractivity contribution is 0.211. The summed E-state index contributed by atoms with van der Waals surface area (Å²) in [5, 5.41) is 10.3. The Morgan fingerprint density at radius 3 is 2.05 bits per heavy atom. The molecule has 19 heavy (non-hydrogen) atoms. The summed E-state index contributed by atoms with van der Waals surface area (Å²) in [5.41, 5.74) is 4.13. The maximum Gasteiger partial charge on any atom is 0.203 e. The molecule has 0 aliphatic heterocycles. The molecule has 0 aromatic heterocycles. The third kappa shape index (κ3) is 3.11. The second kappa shape index (κ2) is 6.88. The van der Waals surface area contributed by atoms with E-state index in [-0.39, 0.29) is 0 Å². The normalized spacial score (nSPS) is 11.4. The van der Waals surface area contributed by atoms with Crippen LogP contribution in [0.25, 0.3) is 0 Å². The SMILES string of the molecule is C=C=C(CC)C(O)c1cc(OC)c(OC)c(OC)c1. The van der Waals surface area contributed by atoms with Crippen LogP contribution in [-0.2, 0) is 0 Å². The van der Waals surface area contributed by atoms with E-state index in [0.29, 0.717) is 34.8 Å². The van der Waals surface area contributed by atoms with Crippen molar-refractivity contribution in [1.82, 2.24) is 0 Å². The van der Waals surface area contributed by atoms with E-state index in [1.165, 1.54) is 21.3 Å². The Balaban J connectivity index is 3.34. The third-order valence-corrected chi connectivity index (χ3v) is 2.94. The van der Waals surface area contributed by atoms with Crippen molar-refractivity contribution in [3.63, 3.8) is 0 Å². The van der Waals surface area contributed by atoms with E-state index in [1.807, 2.05) is 6.92 Å². The molecule has 0 saturated carbocycles. The van der Waals surface area contributed by atoms with Gasteiger partial charge in [-0.05, 0) is 24.1 Å². The Bertz CT molecular complexity index is 462. The molecule has 4 nitrogen and oxygen atoms in total. The average molecular weight is 264 g/mol. The van der Waals surface area contributed by atoms with E-state index in [2.05, 4.69) is 12.3 Å². The van der Waals surface area contributed by atoms with Crippen molar-refractivity contribution in [3.05, 3.63) is 35.6 Å². The van der Waals surface area contributed by atoms with E-state index in [4.69, 9.17) is 14.2 Å². The Kier molecular flexibility index (Phi) is 5.49. The zero-order valence-electron chi connectivity index (χ0n) is 11.8. The first-order valence-corrected chi connectivity index (χ1v) is 5.99. The van der Waals surface area contributed by atoms with Crippen LogP contribution in [0.15, 0.2) is 30.0 Å². The monoisotopic (exact) mass is 264 g/mol. The van der Waals surface area contributed by atoms with Crippen LogP contribution in [0.1, 0.15) is 25.0 Å². The van der Waals surface area contributed by atoms with Gasteiger partial charge in [0.1, 0.15) is 6.10 Å². The summed E-state index contributed by atoms with van der Waals surface area (Å²) in [4.78, 5) is 0. The quantitative estimate of drug-likeness (QED) is 0.803. The molecule has 1 aromatic rings. The molecule has 1 rings (SSSR count). The van der Waals surface area contributed by atoms with Crippen LogP contribution in [0.5, 0.6) is 17.2 Å². The maximum atomic E-state index is 10.3. The lowest BCUT2D eigenvalue weighted by Gasteiger charge is -2.17. The van der Waals surface area contributed by atoms with Crippen molar-refractivity contribution in [2.45, 2.75) is 19.4 Å². The maximum absolute atomic E-state index is 10.3. The first-order chi connectivity index (χ1) is 9.12. The van der Waals surface area contributed by atoms with Crippen molar-refractivity contribution in [3.8, 4) is 17.2 Å². The summed E-state index contributed by atoms with van der Waals surface area (Å²) in [6, 6.07) is 3.44. The van der Waals surface area contributed by atoms with Gasteiger partial charge < -0.3 is 19.3 Å². The van der Waals surface area contributed by atoms with Gasteiger partial charge in [-0.1, -0.05) is 13.5 Å². The summed E-state index contributed by atoms with van der Waals surface area (Å²) < 4.78 is 15.8. The van der Waals surface area contributed by atoms with Crippen LogP contribution in [0.3, 0.4) is 0 Å². The summed E-state index contributed by atoms with van der Waals surface area (Å²) in [7, 11) is 4.62. The number of benzene rings is 1. The van der Waals surface area contributed by atoms with Crippen molar-refractivity contribution in [1.29, 1.82) is 0 Å². The first kappa shape index (κ1) is 15.2. The summed E-state index contributed by atoms with van der Waals surface area (Å²) in [6.45, 7) is 5.53. The van der Waals surface area contributed by atoms with E-state index in [9.17, 15) is 5.11 Å². The molecule has 0 fully saturated rings. The minimum Gasteiger partial charge on any atom is -0.493 e. The van der Waals surface area contributed by atoms with Gasteiger partial charge in [0.2, 0.25) is 5.75 Å². The van der Waals surface area contributed by atoms with E-state index in [0.717, 1.165) is 0 Å². The van der Waals surface area contributed by atoms with Crippen molar-refractivity contribution < 1.29 is 19.3 Å². The van der Waals surface area contributed by atoms with Gasteiger partial charge in [-0.2, -0.15) is 0 Å². The number of hydrogen-bond acceptors (Lipinski definition) is 4. The van der Waals surface area contributed by atoms with Gasteiger partial charge in [0, 0.05) is 5.57 Å². The summed E-state index contributed by atoms with van der Waals surface area (Å²) in [6.07, 6.45) is -0.113. The topological polar surface area (TPSA) is 47.9 Å². The Morgan fingerprint density at radius 1 is 1.21 bits per heavy atom. The van der Waals surface area contributed by atoms with Crippen LogP contribution in [0.2, 0.25) is 0 Å².